The quantitative estimate of drug-likeness (QED) is 0.412. The first-order valence-corrected chi connectivity index (χ1v) is 5.41. The third kappa shape index (κ3) is 2.61. The molecule has 2 aliphatic rings. The second kappa shape index (κ2) is 5.12. The van der Waals surface area contributed by atoms with Crippen molar-refractivity contribution in [1.82, 2.24) is 25.6 Å². The van der Waals surface area contributed by atoms with Crippen LogP contribution < -0.4 is 10.6 Å². The largest absolute Gasteiger partial charge is 0.341 e. The van der Waals surface area contributed by atoms with E-state index in [9.17, 15) is 0 Å². The Kier molecular flexibility index (Phi) is 3.56. The van der Waals surface area contributed by atoms with Gasteiger partial charge in [0.15, 0.2) is 6.19 Å². The van der Waals surface area contributed by atoms with E-state index in [1.54, 1.807) is 0 Å². The number of nitrogens with one attached hydrogen (secondary N) is 2. The summed E-state index contributed by atoms with van der Waals surface area (Å²) in [5.74, 6) is 0.563. The topological polar surface area (TPSA) is 69.9 Å². The van der Waals surface area contributed by atoms with Crippen LogP contribution in [0.1, 0.15) is 0 Å². The second-order valence-corrected chi connectivity index (χ2v) is 3.98. The van der Waals surface area contributed by atoms with Crippen molar-refractivity contribution in [3.8, 4) is 6.19 Å². The van der Waals surface area contributed by atoms with Gasteiger partial charge in [-0.25, -0.2) is 15.0 Å². The molecule has 0 aromatic rings. The predicted molar refractivity (Wildman–Crippen MR) is 60.0 cm³/mol. The van der Waals surface area contributed by atoms with Crippen molar-refractivity contribution in [1.29, 1.82) is 5.26 Å². The van der Waals surface area contributed by atoms with Crippen molar-refractivity contribution in [3.05, 3.63) is 0 Å². The molecule has 1 fully saturated rings. The summed E-state index contributed by atoms with van der Waals surface area (Å²) >= 11 is 0. The van der Waals surface area contributed by atoms with Gasteiger partial charge in [0, 0.05) is 26.2 Å². The number of aliphatic imine (C=N–C) groups is 1. The summed E-state index contributed by atoms with van der Waals surface area (Å²) in [6.07, 6.45) is 1.86. The molecule has 2 N–H and O–H groups in total. The van der Waals surface area contributed by atoms with Gasteiger partial charge in [0.05, 0.1) is 6.67 Å². The van der Waals surface area contributed by atoms with E-state index in [1.165, 1.54) is 0 Å². The van der Waals surface area contributed by atoms with E-state index >= 15 is 0 Å². The molecule has 0 radical (unpaired) electrons. The third-order valence-electron chi connectivity index (χ3n) is 2.88. The lowest BCUT2D eigenvalue weighted by molar-refractivity contribution is -0.0570. The van der Waals surface area contributed by atoms with E-state index in [1.807, 2.05) is 6.19 Å². The minimum Gasteiger partial charge on any atom is -0.341 e. The molecule has 0 aliphatic carbocycles. The fourth-order valence-electron chi connectivity index (χ4n) is 1.83. The van der Waals surface area contributed by atoms with Crippen LogP contribution in [0.3, 0.4) is 0 Å². The molecule has 2 heterocycles. The Morgan fingerprint density at radius 1 is 1.31 bits per heavy atom. The summed E-state index contributed by atoms with van der Waals surface area (Å²) in [5, 5.41) is 18.5. The summed E-state index contributed by atoms with van der Waals surface area (Å²) in [6.45, 7) is 5.56. The molecule has 1 saturated heterocycles. The van der Waals surface area contributed by atoms with Crippen LogP contribution in [0.25, 0.3) is 0 Å². The van der Waals surface area contributed by atoms with Crippen LogP contribution in [0.2, 0.25) is 0 Å². The summed E-state index contributed by atoms with van der Waals surface area (Å²) in [6, 6.07) is 0. The van der Waals surface area contributed by atoms with Gasteiger partial charge in [-0.3, -0.25) is 5.32 Å². The number of nitrogens with zero attached hydrogens (tertiary/aromatic N) is 5. The van der Waals surface area contributed by atoms with E-state index in [2.05, 4.69) is 37.6 Å². The van der Waals surface area contributed by atoms with Crippen molar-refractivity contribution < 1.29 is 0 Å². The number of hydrogen-bond acceptors (Lipinski definition) is 7. The van der Waals surface area contributed by atoms with Crippen LogP contribution in [0.5, 0.6) is 0 Å². The zero-order valence-electron chi connectivity index (χ0n) is 9.48. The molecule has 88 valence electrons. The van der Waals surface area contributed by atoms with Gasteiger partial charge < -0.3 is 10.2 Å². The van der Waals surface area contributed by atoms with Gasteiger partial charge in [-0.15, -0.1) is 0 Å². The second-order valence-electron chi connectivity index (χ2n) is 3.98. The van der Waals surface area contributed by atoms with Crippen molar-refractivity contribution in [2.75, 3.05) is 46.6 Å². The molecule has 2 rings (SSSR count). The highest BCUT2D eigenvalue weighted by atomic mass is 15.7. The Labute approximate surface area is 95.3 Å². The zero-order chi connectivity index (χ0) is 11.4. The Morgan fingerprint density at radius 2 is 2.06 bits per heavy atom. The van der Waals surface area contributed by atoms with Crippen molar-refractivity contribution in [3.63, 3.8) is 0 Å². The van der Waals surface area contributed by atoms with Gasteiger partial charge in [0.25, 0.3) is 0 Å². The van der Waals surface area contributed by atoms with Gasteiger partial charge in [0.1, 0.15) is 6.67 Å². The number of hydrogen-bond donors (Lipinski definition) is 2. The van der Waals surface area contributed by atoms with Crippen LogP contribution in [0.15, 0.2) is 4.99 Å². The van der Waals surface area contributed by atoms with Gasteiger partial charge >= 0.3 is 0 Å². The average Bonchev–Trinajstić information content (AvgIpc) is 2.32. The zero-order valence-corrected chi connectivity index (χ0v) is 9.48. The molecule has 0 unspecified atom stereocenters. The molecule has 0 bridgehead atoms. The standard InChI is InChI=1S/C9H17N7/c1-14-2-4-15(5-3-14)16-7-12-9(11-6-10)13-8-16/h2-5,7-8H2,1H3,(H2,11,12,13). The van der Waals surface area contributed by atoms with Gasteiger partial charge in [-0.05, 0) is 7.05 Å². The average molecular weight is 223 g/mol. The van der Waals surface area contributed by atoms with E-state index in [-0.39, 0.29) is 0 Å². The fraction of sp³-hybridized carbons (Fsp3) is 0.778. The van der Waals surface area contributed by atoms with Crippen LogP contribution in [0, 0.1) is 11.5 Å². The summed E-state index contributed by atoms with van der Waals surface area (Å²) < 4.78 is 0. The van der Waals surface area contributed by atoms with E-state index in [0.717, 1.165) is 26.2 Å². The lowest BCUT2D eigenvalue weighted by Crippen LogP contribution is -2.58. The molecule has 2 aliphatic heterocycles. The molecular weight excluding hydrogens is 206 g/mol. The fourth-order valence-corrected chi connectivity index (χ4v) is 1.83. The number of hydrazine groups is 1. The van der Waals surface area contributed by atoms with Crippen molar-refractivity contribution in [2.45, 2.75) is 0 Å². The first-order chi connectivity index (χ1) is 7.79. The molecule has 0 spiro atoms. The Morgan fingerprint density at radius 3 is 2.62 bits per heavy atom. The van der Waals surface area contributed by atoms with Crippen molar-refractivity contribution >= 4 is 5.96 Å². The highest BCUT2D eigenvalue weighted by Gasteiger charge is 2.22. The van der Waals surface area contributed by atoms with Crippen molar-refractivity contribution in [2.24, 2.45) is 4.99 Å². The van der Waals surface area contributed by atoms with Gasteiger partial charge in [0.2, 0.25) is 5.96 Å². The third-order valence-corrected chi connectivity index (χ3v) is 2.88. The molecule has 0 aromatic heterocycles. The Bertz CT molecular complexity index is 299. The first-order valence-electron chi connectivity index (χ1n) is 5.41. The van der Waals surface area contributed by atoms with E-state index < -0.39 is 0 Å². The molecule has 16 heavy (non-hydrogen) atoms. The minimum atomic E-state index is 0.563. The highest BCUT2D eigenvalue weighted by Crippen LogP contribution is 2.05. The van der Waals surface area contributed by atoms with Crippen LogP contribution in [-0.4, -0.2) is 67.4 Å². The molecule has 7 heteroatoms. The number of guanidine groups is 1. The highest BCUT2D eigenvalue weighted by molar-refractivity contribution is 5.81. The molecule has 0 atom stereocenters. The molecule has 0 aromatic carbocycles. The maximum absolute atomic E-state index is 8.45. The monoisotopic (exact) mass is 223 g/mol. The van der Waals surface area contributed by atoms with Crippen LogP contribution in [0.4, 0.5) is 0 Å². The summed E-state index contributed by atoms with van der Waals surface area (Å²) in [5.41, 5.74) is 0. The number of piperazine rings is 1. The van der Waals surface area contributed by atoms with Gasteiger partial charge in [-0.2, -0.15) is 5.26 Å². The smallest absolute Gasteiger partial charge is 0.207 e. The molecular formula is C9H17N7. The number of nitriles is 1. The summed E-state index contributed by atoms with van der Waals surface area (Å²) in [7, 11) is 2.14. The summed E-state index contributed by atoms with van der Waals surface area (Å²) in [4.78, 5) is 6.56. The maximum Gasteiger partial charge on any atom is 0.207 e. The first kappa shape index (κ1) is 11.1. The normalized spacial score (nSPS) is 24.4. The number of likely N-dealkylation sites (N-methyl/N-ethyl adjacent to an activating group) is 1. The van der Waals surface area contributed by atoms with Crippen LogP contribution >= 0.6 is 0 Å². The lowest BCUT2D eigenvalue weighted by Gasteiger charge is -2.40. The number of rotatable bonds is 1. The van der Waals surface area contributed by atoms with E-state index in [0.29, 0.717) is 19.3 Å². The molecule has 7 nitrogen and oxygen atoms in total. The van der Waals surface area contributed by atoms with Gasteiger partial charge in [-0.1, -0.05) is 0 Å². The predicted octanol–water partition coefficient (Wildman–Crippen LogP) is -1.60. The lowest BCUT2D eigenvalue weighted by atomic mass is 10.4. The van der Waals surface area contributed by atoms with E-state index in [4.69, 9.17) is 5.26 Å². The maximum atomic E-state index is 8.45. The Balaban J connectivity index is 1.83. The molecule has 0 saturated carbocycles. The molecule has 0 amide bonds. The minimum absolute atomic E-state index is 0.563. The SMILES string of the molecule is CN1CCN(N2CN=C(NC#N)NC2)CC1. The Hall–Kier alpha value is -1.36. The van der Waals surface area contributed by atoms with Crippen LogP contribution in [-0.2, 0) is 0 Å².